The summed E-state index contributed by atoms with van der Waals surface area (Å²) in [5.74, 6) is -0.170. The minimum atomic E-state index is -0.170. The zero-order valence-corrected chi connectivity index (χ0v) is 6.96. The first-order chi connectivity index (χ1) is 5.24. The Labute approximate surface area is 66.5 Å². The number of likely N-dealkylation sites (N-methyl/N-ethyl adjacent to an activating group) is 1. The molecule has 0 aromatic heterocycles. The quantitative estimate of drug-likeness (QED) is 0.500. The van der Waals surface area contributed by atoms with Crippen LogP contribution in [0.5, 0.6) is 0 Å². The van der Waals surface area contributed by atoms with Gasteiger partial charge in [-0.2, -0.15) is 0 Å². The highest BCUT2D eigenvalue weighted by Gasteiger charge is 2.23. The van der Waals surface area contributed by atoms with Gasteiger partial charge in [0.15, 0.2) is 0 Å². The Morgan fingerprint density at radius 1 is 1.73 bits per heavy atom. The highest BCUT2D eigenvalue weighted by Crippen LogP contribution is 1.96. The first kappa shape index (κ1) is 8.49. The Kier molecular flexibility index (Phi) is 2.84. The van der Waals surface area contributed by atoms with Crippen LogP contribution in [0.4, 0.5) is 0 Å². The molecule has 0 aliphatic carbocycles. The van der Waals surface area contributed by atoms with Gasteiger partial charge < -0.3 is 15.0 Å². The predicted molar refractivity (Wildman–Crippen MR) is 41.3 cm³/mol. The summed E-state index contributed by atoms with van der Waals surface area (Å²) in [5.41, 5.74) is 0. The van der Waals surface area contributed by atoms with Gasteiger partial charge in [0.2, 0.25) is 0 Å². The SMILES string of the molecule is COC(=O)[C@H]1CN(C)CCN1. The van der Waals surface area contributed by atoms with E-state index in [0.29, 0.717) is 0 Å². The molecule has 1 atom stereocenters. The molecule has 1 heterocycles. The lowest BCUT2D eigenvalue weighted by Crippen LogP contribution is -2.53. The first-order valence-electron chi connectivity index (χ1n) is 3.74. The standard InChI is InChI=1S/C7H14N2O2/c1-9-4-3-8-6(5-9)7(10)11-2/h6,8H,3-5H2,1-2H3/t6-/m1/s1. The van der Waals surface area contributed by atoms with E-state index in [4.69, 9.17) is 0 Å². The fourth-order valence-electron chi connectivity index (χ4n) is 1.20. The molecule has 4 heteroatoms. The Bertz CT molecular complexity index is 149. The number of methoxy groups -OCH3 is 1. The smallest absolute Gasteiger partial charge is 0.324 e. The fourth-order valence-corrected chi connectivity index (χ4v) is 1.20. The lowest BCUT2D eigenvalue weighted by atomic mass is 10.2. The molecule has 0 unspecified atom stereocenters. The average molecular weight is 158 g/mol. The minimum Gasteiger partial charge on any atom is -0.468 e. The molecule has 0 radical (unpaired) electrons. The van der Waals surface area contributed by atoms with Crippen molar-refractivity contribution in [1.82, 2.24) is 10.2 Å². The van der Waals surface area contributed by atoms with Gasteiger partial charge in [0.25, 0.3) is 0 Å². The number of piperazine rings is 1. The third kappa shape index (κ3) is 2.17. The summed E-state index contributed by atoms with van der Waals surface area (Å²) in [6, 6.07) is -0.140. The van der Waals surface area contributed by atoms with Gasteiger partial charge in [0, 0.05) is 19.6 Å². The molecule has 1 N–H and O–H groups in total. The van der Waals surface area contributed by atoms with E-state index in [1.54, 1.807) is 0 Å². The molecule has 1 saturated heterocycles. The maximum atomic E-state index is 11.0. The molecule has 0 bridgehead atoms. The number of hydrogen-bond donors (Lipinski definition) is 1. The van der Waals surface area contributed by atoms with E-state index in [9.17, 15) is 4.79 Å². The lowest BCUT2D eigenvalue weighted by molar-refractivity contribution is -0.144. The number of nitrogens with zero attached hydrogens (tertiary/aromatic N) is 1. The molecule has 4 nitrogen and oxygen atoms in total. The summed E-state index contributed by atoms with van der Waals surface area (Å²) >= 11 is 0. The molecule has 0 aromatic rings. The van der Waals surface area contributed by atoms with Crippen LogP contribution in [0.2, 0.25) is 0 Å². The summed E-state index contributed by atoms with van der Waals surface area (Å²) in [6.07, 6.45) is 0. The fraction of sp³-hybridized carbons (Fsp3) is 0.857. The number of nitrogens with one attached hydrogen (secondary N) is 1. The number of rotatable bonds is 1. The molecule has 0 amide bonds. The van der Waals surface area contributed by atoms with Crippen molar-refractivity contribution in [3.8, 4) is 0 Å². The van der Waals surface area contributed by atoms with Crippen LogP contribution in [0.1, 0.15) is 0 Å². The van der Waals surface area contributed by atoms with E-state index in [-0.39, 0.29) is 12.0 Å². The maximum Gasteiger partial charge on any atom is 0.324 e. The Hall–Kier alpha value is -0.610. The molecule has 1 aliphatic rings. The number of hydrogen-bond acceptors (Lipinski definition) is 4. The van der Waals surface area contributed by atoms with Gasteiger partial charge in [-0.05, 0) is 7.05 Å². The monoisotopic (exact) mass is 158 g/mol. The van der Waals surface area contributed by atoms with E-state index >= 15 is 0 Å². The van der Waals surface area contributed by atoms with E-state index in [1.165, 1.54) is 7.11 Å². The molecule has 1 rings (SSSR count). The van der Waals surface area contributed by atoms with Crippen LogP contribution in [-0.2, 0) is 9.53 Å². The first-order valence-corrected chi connectivity index (χ1v) is 3.74. The number of ether oxygens (including phenoxy) is 1. The van der Waals surface area contributed by atoms with Crippen LogP contribution >= 0.6 is 0 Å². The van der Waals surface area contributed by atoms with Crippen LogP contribution in [0, 0.1) is 0 Å². The highest BCUT2D eigenvalue weighted by atomic mass is 16.5. The zero-order chi connectivity index (χ0) is 8.27. The van der Waals surface area contributed by atoms with Gasteiger partial charge >= 0.3 is 5.97 Å². The van der Waals surface area contributed by atoms with Crippen molar-refractivity contribution in [1.29, 1.82) is 0 Å². The van der Waals surface area contributed by atoms with Crippen LogP contribution in [0.3, 0.4) is 0 Å². The maximum absolute atomic E-state index is 11.0. The van der Waals surface area contributed by atoms with E-state index in [0.717, 1.165) is 19.6 Å². The highest BCUT2D eigenvalue weighted by molar-refractivity contribution is 5.76. The summed E-state index contributed by atoms with van der Waals surface area (Å²) in [5, 5.41) is 3.08. The summed E-state index contributed by atoms with van der Waals surface area (Å²) < 4.78 is 4.61. The minimum absolute atomic E-state index is 0.140. The molecular formula is C7H14N2O2. The van der Waals surface area contributed by atoms with Crippen molar-refractivity contribution in [2.24, 2.45) is 0 Å². The Morgan fingerprint density at radius 3 is 3.00 bits per heavy atom. The summed E-state index contributed by atoms with van der Waals surface area (Å²) in [6.45, 7) is 2.59. The topological polar surface area (TPSA) is 41.6 Å². The molecule has 64 valence electrons. The molecular weight excluding hydrogens is 144 g/mol. The lowest BCUT2D eigenvalue weighted by Gasteiger charge is -2.28. The number of carbonyl (C=O) groups is 1. The largest absolute Gasteiger partial charge is 0.468 e. The van der Waals surface area contributed by atoms with Crippen LogP contribution in [0.25, 0.3) is 0 Å². The molecule has 11 heavy (non-hydrogen) atoms. The Morgan fingerprint density at radius 2 is 2.45 bits per heavy atom. The van der Waals surface area contributed by atoms with Crippen molar-refractivity contribution < 1.29 is 9.53 Å². The summed E-state index contributed by atoms with van der Waals surface area (Å²) in [7, 11) is 3.41. The molecule has 0 aromatic carbocycles. The van der Waals surface area contributed by atoms with Crippen molar-refractivity contribution in [3.63, 3.8) is 0 Å². The molecule has 1 aliphatic heterocycles. The third-order valence-electron chi connectivity index (χ3n) is 1.86. The number of carbonyl (C=O) groups excluding carboxylic acids is 1. The molecule has 0 saturated carbocycles. The van der Waals surface area contributed by atoms with Gasteiger partial charge in [-0.1, -0.05) is 0 Å². The Balaban J connectivity index is 2.39. The third-order valence-corrected chi connectivity index (χ3v) is 1.86. The second kappa shape index (κ2) is 3.69. The predicted octanol–water partition coefficient (Wildman–Crippen LogP) is -0.937. The second-order valence-corrected chi connectivity index (χ2v) is 2.79. The number of esters is 1. The van der Waals surface area contributed by atoms with Crippen molar-refractivity contribution >= 4 is 5.97 Å². The van der Waals surface area contributed by atoms with Gasteiger partial charge in [0.1, 0.15) is 6.04 Å². The van der Waals surface area contributed by atoms with Crippen molar-refractivity contribution in [3.05, 3.63) is 0 Å². The second-order valence-electron chi connectivity index (χ2n) is 2.79. The molecule has 0 spiro atoms. The van der Waals surface area contributed by atoms with Gasteiger partial charge in [-0.15, -0.1) is 0 Å². The zero-order valence-electron chi connectivity index (χ0n) is 6.96. The van der Waals surface area contributed by atoms with E-state index < -0.39 is 0 Å². The van der Waals surface area contributed by atoms with Gasteiger partial charge in [0.05, 0.1) is 7.11 Å². The van der Waals surface area contributed by atoms with E-state index in [1.807, 2.05) is 7.05 Å². The normalized spacial score (nSPS) is 26.5. The van der Waals surface area contributed by atoms with Crippen LogP contribution in [0.15, 0.2) is 0 Å². The van der Waals surface area contributed by atoms with Gasteiger partial charge in [-0.25, -0.2) is 0 Å². The van der Waals surface area contributed by atoms with Crippen molar-refractivity contribution in [2.45, 2.75) is 6.04 Å². The summed E-state index contributed by atoms with van der Waals surface area (Å²) in [4.78, 5) is 13.1. The average Bonchev–Trinajstić information content (AvgIpc) is 2.03. The van der Waals surface area contributed by atoms with E-state index in [2.05, 4.69) is 15.0 Å². The van der Waals surface area contributed by atoms with Crippen molar-refractivity contribution in [2.75, 3.05) is 33.8 Å². The van der Waals surface area contributed by atoms with Gasteiger partial charge in [-0.3, -0.25) is 4.79 Å². The molecule has 1 fully saturated rings. The van der Waals surface area contributed by atoms with Crippen LogP contribution < -0.4 is 5.32 Å². The van der Waals surface area contributed by atoms with Crippen LogP contribution in [-0.4, -0.2) is 50.7 Å².